The zero-order chi connectivity index (χ0) is 21.4. The number of halogens is 1. The molecule has 2 aromatic heterocycles. The van der Waals surface area contributed by atoms with Crippen molar-refractivity contribution >= 4 is 5.71 Å². The molecule has 160 valence electrons. The van der Waals surface area contributed by atoms with Gasteiger partial charge in [0.1, 0.15) is 5.82 Å². The zero-order valence-corrected chi connectivity index (χ0v) is 17.6. The molecule has 0 bridgehead atoms. The molecule has 2 aliphatic rings. The Morgan fingerprint density at radius 1 is 1.16 bits per heavy atom. The zero-order valence-electron chi connectivity index (χ0n) is 17.6. The van der Waals surface area contributed by atoms with Gasteiger partial charge in [-0.15, -0.1) is 0 Å². The Hall–Kier alpha value is -3.13. The first-order valence-corrected chi connectivity index (χ1v) is 10.8. The van der Waals surface area contributed by atoms with E-state index < -0.39 is 0 Å². The molecule has 2 aliphatic heterocycles. The van der Waals surface area contributed by atoms with Crippen LogP contribution in [0.4, 0.5) is 4.39 Å². The van der Waals surface area contributed by atoms with Crippen LogP contribution in [0.2, 0.25) is 0 Å². The number of benzene rings is 1. The van der Waals surface area contributed by atoms with Gasteiger partial charge < -0.3 is 4.98 Å². The van der Waals surface area contributed by atoms with Crippen molar-refractivity contribution in [2.45, 2.75) is 45.7 Å². The number of hydrogen-bond acceptors (Lipinski definition) is 5. The van der Waals surface area contributed by atoms with Gasteiger partial charge >= 0.3 is 0 Å². The average Bonchev–Trinajstić information content (AvgIpc) is 3.15. The van der Waals surface area contributed by atoms with Crippen LogP contribution < -0.4 is 5.56 Å². The third-order valence-electron chi connectivity index (χ3n) is 6.03. The highest BCUT2D eigenvalue weighted by atomic mass is 19.1. The first kappa shape index (κ1) is 19.8. The second kappa shape index (κ2) is 8.19. The van der Waals surface area contributed by atoms with Crippen molar-refractivity contribution in [3.05, 3.63) is 75.0 Å². The van der Waals surface area contributed by atoms with E-state index in [9.17, 15) is 9.18 Å². The highest BCUT2D eigenvalue weighted by Gasteiger charge is 2.23. The normalized spacial score (nSPS) is 16.8. The van der Waals surface area contributed by atoms with Gasteiger partial charge in [-0.05, 0) is 50.5 Å². The molecule has 5 rings (SSSR count). The molecule has 1 aromatic carbocycles. The maximum atomic E-state index is 13.2. The Labute approximate surface area is 179 Å². The van der Waals surface area contributed by atoms with Gasteiger partial charge in [-0.2, -0.15) is 5.10 Å². The Morgan fingerprint density at radius 3 is 2.77 bits per heavy atom. The Balaban J connectivity index is 1.34. The van der Waals surface area contributed by atoms with E-state index in [4.69, 9.17) is 4.98 Å². The third kappa shape index (κ3) is 4.07. The second-order valence-corrected chi connectivity index (χ2v) is 8.25. The number of aliphatic imine (C=N–C) groups is 1. The van der Waals surface area contributed by atoms with Crippen LogP contribution in [0, 0.1) is 12.7 Å². The van der Waals surface area contributed by atoms with E-state index in [0.29, 0.717) is 18.9 Å². The minimum Gasteiger partial charge on any atom is -0.305 e. The third-order valence-corrected chi connectivity index (χ3v) is 6.03. The molecule has 0 saturated carbocycles. The number of fused-ring (bicyclic) bond motifs is 1. The summed E-state index contributed by atoms with van der Waals surface area (Å²) in [6.07, 6.45) is 5.80. The van der Waals surface area contributed by atoms with Gasteiger partial charge in [0.25, 0.3) is 5.56 Å². The number of nitrogens with one attached hydrogen (secondary N) is 1. The lowest BCUT2D eigenvalue weighted by Gasteiger charge is -2.27. The molecule has 1 N–H and O–H groups in total. The standard InChI is InChI=1S/C23H25FN6O/c1-15-16(13-30(28-15)18-7-5-17(24)6-8-18)12-29-11-9-20-19(14-29)23(31)27-22(26-20)21-4-2-3-10-25-21/h5-8,13H,2-4,9-12,14H2,1H3,(H,26,27,31). The van der Waals surface area contributed by atoms with Crippen LogP contribution in [0.25, 0.3) is 5.69 Å². The fourth-order valence-electron chi connectivity index (χ4n) is 4.26. The van der Waals surface area contributed by atoms with Gasteiger partial charge in [0.2, 0.25) is 0 Å². The van der Waals surface area contributed by atoms with E-state index in [0.717, 1.165) is 72.7 Å². The van der Waals surface area contributed by atoms with Crippen molar-refractivity contribution in [2.75, 3.05) is 13.1 Å². The predicted octanol–water partition coefficient (Wildman–Crippen LogP) is 2.93. The maximum Gasteiger partial charge on any atom is 0.255 e. The number of hydrogen-bond donors (Lipinski definition) is 1. The summed E-state index contributed by atoms with van der Waals surface area (Å²) >= 11 is 0. The topological polar surface area (TPSA) is 79.2 Å². The lowest BCUT2D eigenvalue weighted by molar-refractivity contribution is 0.241. The van der Waals surface area contributed by atoms with Crippen LogP contribution in [-0.2, 0) is 19.5 Å². The van der Waals surface area contributed by atoms with Crippen LogP contribution in [0.3, 0.4) is 0 Å². The molecule has 0 spiro atoms. The van der Waals surface area contributed by atoms with Crippen molar-refractivity contribution in [3.63, 3.8) is 0 Å². The number of aromatic amines is 1. The van der Waals surface area contributed by atoms with Crippen molar-refractivity contribution in [3.8, 4) is 5.69 Å². The summed E-state index contributed by atoms with van der Waals surface area (Å²) in [5.74, 6) is 0.380. The number of H-pyrrole nitrogens is 1. The highest BCUT2D eigenvalue weighted by molar-refractivity contribution is 5.97. The van der Waals surface area contributed by atoms with Crippen molar-refractivity contribution < 1.29 is 4.39 Å². The van der Waals surface area contributed by atoms with Gasteiger partial charge in [0.15, 0.2) is 5.82 Å². The molecule has 0 unspecified atom stereocenters. The summed E-state index contributed by atoms with van der Waals surface area (Å²) in [6.45, 7) is 4.87. The molecule has 7 nitrogen and oxygen atoms in total. The van der Waals surface area contributed by atoms with E-state index in [-0.39, 0.29) is 11.4 Å². The SMILES string of the molecule is Cc1nn(-c2ccc(F)cc2)cc1CN1CCc2nc(C3=NCCCC3)[nH]c(=O)c2C1. The minimum atomic E-state index is -0.266. The first-order valence-electron chi connectivity index (χ1n) is 10.8. The summed E-state index contributed by atoms with van der Waals surface area (Å²) < 4.78 is 15.0. The Kier molecular flexibility index (Phi) is 5.23. The van der Waals surface area contributed by atoms with Crippen molar-refractivity contribution in [1.29, 1.82) is 0 Å². The van der Waals surface area contributed by atoms with Crippen LogP contribution in [0.15, 0.2) is 40.2 Å². The van der Waals surface area contributed by atoms with Gasteiger partial charge in [0, 0.05) is 44.4 Å². The van der Waals surface area contributed by atoms with E-state index in [1.54, 1.807) is 16.8 Å². The largest absolute Gasteiger partial charge is 0.305 e. The highest BCUT2D eigenvalue weighted by Crippen LogP contribution is 2.20. The first-order chi connectivity index (χ1) is 15.1. The van der Waals surface area contributed by atoms with E-state index >= 15 is 0 Å². The molecule has 0 aliphatic carbocycles. The second-order valence-electron chi connectivity index (χ2n) is 8.25. The summed E-state index contributed by atoms with van der Waals surface area (Å²) in [4.78, 5) is 27.3. The van der Waals surface area contributed by atoms with Gasteiger partial charge in [-0.1, -0.05) is 0 Å². The number of nitrogens with zero attached hydrogens (tertiary/aromatic N) is 5. The number of aromatic nitrogens is 4. The molecule has 0 atom stereocenters. The quantitative estimate of drug-likeness (QED) is 0.704. The fourth-order valence-corrected chi connectivity index (χ4v) is 4.26. The molecule has 4 heterocycles. The molecule has 0 saturated heterocycles. The molecule has 31 heavy (non-hydrogen) atoms. The summed E-state index contributed by atoms with van der Waals surface area (Å²) in [7, 11) is 0. The minimum absolute atomic E-state index is 0.0586. The molecule has 3 aromatic rings. The van der Waals surface area contributed by atoms with Crippen LogP contribution in [0.1, 0.15) is 47.6 Å². The molecule has 0 radical (unpaired) electrons. The van der Waals surface area contributed by atoms with Crippen molar-refractivity contribution in [1.82, 2.24) is 24.6 Å². The fraction of sp³-hybridized carbons (Fsp3) is 0.391. The molecular formula is C23H25FN6O. The average molecular weight is 420 g/mol. The molecular weight excluding hydrogens is 395 g/mol. The number of aryl methyl sites for hydroxylation is 1. The van der Waals surface area contributed by atoms with Crippen molar-refractivity contribution in [2.24, 2.45) is 4.99 Å². The molecule has 0 fully saturated rings. The van der Waals surface area contributed by atoms with Gasteiger partial charge in [-0.25, -0.2) is 14.1 Å². The van der Waals surface area contributed by atoms with Crippen LogP contribution in [0.5, 0.6) is 0 Å². The smallest absolute Gasteiger partial charge is 0.255 e. The molecule has 0 amide bonds. The summed E-state index contributed by atoms with van der Waals surface area (Å²) in [6, 6.07) is 6.28. The van der Waals surface area contributed by atoms with E-state index in [1.165, 1.54) is 12.1 Å². The lowest BCUT2D eigenvalue weighted by atomic mass is 10.0. The van der Waals surface area contributed by atoms with Crippen LogP contribution in [-0.4, -0.2) is 43.4 Å². The van der Waals surface area contributed by atoms with Gasteiger partial charge in [0.05, 0.1) is 28.4 Å². The van der Waals surface area contributed by atoms with E-state index in [2.05, 4.69) is 20.0 Å². The Morgan fingerprint density at radius 2 is 2.00 bits per heavy atom. The lowest BCUT2D eigenvalue weighted by Crippen LogP contribution is -2.36. The summed E-state index contributed by atoms with van der Waals surface area (Å²) in [5, 5.41) is 4.58. The van der Waals surface area contributed by atoms with Crippen LogP contribution >= 0.6 is 0 Å². The molecule has 8 heteroatoms. The summed E-state index contributed by atoms with van der Waals surface area (Å²) in [5.41, 5.74) is 5.34. The Bertz CT molecular complexity index is 1190. The predicted molar refractivity (Wildman–Crippen MR) is 116 cm³/mol. The maximum absolute atomic E-state index is 13.2. The van der Waals surface area contributed by atoms with Gasteiger partial charge in [-0.3, -0.25) is 14.7 Å². The monoisotopic (exact) mass is 420 g/mol. The number of rotatable bonds is 4. The van der Waals surface area contributed by atoms with E-state index in [1.807, 2.05) is 13.1 Å².